The van der Waals surface area contributed by atoms with Crippen LogP contribution < -0.4 is 9.62 Å². The first-order valence-corrected chi connectivity index (χ1v) is 7.65. The van der Waals surface area contributed by atoms with Gasteiger partial charge in [-0.1, -0.05) is 0 Å². The summed E-state index contributed by atoms with van der Waals surface area (Å²) in [6.45, 7) is 1.57. The van der Waals surface area contributed by atoms with E-state index in [0.717, 1.165) is 37.2 Å². The van der Waals surface area contributed by atoms with E-state index >= 15 is 0 Å². The molecule has 0 saturated carbocycles. The average Bonchev–Trinajstić information content (AvgIpc) is 2.75. The van der Waals surface area contributed by atoms with Crippen molar-refractivity contribution in [3.8, 4) is 0 Å². The van der Waals surface area contributed by atoms with Crippen molar-refractivity contribution in [2.24, 2.45) is 0 Å². The van der Waals surface area contributed by atoms with E-state index in [9.17, 15) is 8.42 Å². The standard InChI is InChI=1S/C12H16N2O2S/c15-17(16)8-2-1-7-14(17)11-3-4-12-10(9-11)5-6-13-12/h3-4,9,13H,1-2,5-8H2. The molecule has 0 spiro atoms. The van der Waals surface area contributed by atoms with Crippen molar-refractivity contribution < 1.29 is 8.42 Å². The molecule has 2 heterocycles. The zero-order chi connectivity index (χ0) is 11.9. The summed E-state index contributed by atoms with van der Waals surface area (Å²) in [6, 6.07) is 5.90. The Bertz CT molecular complexity index is 539. The van der Waals surface area contributed by atoms with E-state index in [4.69, 9.17) is 0 Å². The first-order valence-electron chi connectivity index (χ1n) is 6.04. The third-order valence-electron chi connectivity index (χ3n) is 3.44. The number of benzene rings is 1. The van der Waals surface area contributed by atoms with Gasteiger partial charge in [0.05, 0.1) is 11.4 Å². The van der Waals surface area contributed by atoms with Crippen molar-refractivity contribution in [2.75, 3.05) is 28.5 Å². The van der Waals surface area contributed by atoms with E-state index in [-0.39, 0.29) is 5.75 Å². The molecule has 0 aliphatic carbocycles. The van der Waals surface area contributed by atoms with Gasteiger partial charge in [-0.05, 0) is 43.0 Å². The summed E-state index contributed by atoms with van der Waals surface area (Å²) >= 11 is 0. The number of fused-ring (bicyclic) bond motifs is 1. The Hall–Kier alpha value is -1.23. The lowest BCUT2D eigenvalue weighted by molar-refractivity contribution is 0.574. The molecule has 0 amide bonds. The van der Waals surface area contributed by atoms with Crippen LogP contribution in [0, 0.1) is 0 Å². The lowest BCUT2D eigenvalue weighted by atomic mass is 10.1. The highest BCUT2D eigenvalue weighted by molar-refractivity contribution is 7.92. The molecule has 2 aliphatic heterocycles. The van der Waals surface area contributed by atoms with Crippen molar-refractivity contribution in [2.45, 2.75) is 19.3 Å². The predicted octanol–water partition coefficient (Wildman–Crippen LogP) is 1.58. The van der Waals surface area contributed by atoms with E-state index < -0.39 is 10.0 Å². The second-order valence-corrected chi connectivity index (χ2v) is 6.63. The summed E-state index contributed by atoms with van der Waals surface area (Å²) < 4.78 is 25.6. The normalized spacial score (nSPS) is 22.0. The molecular weight excluding hydrogens is 236 g/mol. The van der Waals surface area contributed by atoms with Gasteiger partial charge in [0.2, 0.25) is 10.0 Å². The van der Waals surface area contributed by atoms with Gasteiger partial charge in [0.25, 0.3) is 0 Å². The summed E-state index contributed by atoms with van der Waals surface area (Å²) in [4.78, 5) is 0. The van der Waals surface area contributed by atoms with Gasteiger partial charge in [0.15, 0.2) is 0 Å². The van der Waals surface area contributed by atoms with Crippen molar-refractivity contribution in [3.05, 3.63) is 23.8 Å². The highest BCUT2D eigenvalue weighted by Gasteiger charge is 2.26. The number of hydrogen-bond acceptors (Lipinski definition) is 3. The predicted molar refractivity (Wildman–Crippen MR) is 69.0 cm³/mol. The van der Waals surface area contributed by atoms with Gasteiger partial charge in [-0.15, -0.1) is 0 Å². The molecule has 1 N–H and O–H groups in total. The van der Waals surface area contributed by atoms with Crippen molar-refractivity contribution in [1.29, 1.82) is 0 Å². The van der Waals surface area contributed by atoms with Gasteiger partial charge in [0, 0.05) is 18.8 Å². The molecule has 3 rings (SSSR count). The number of nitrogens with zero attached hydrogens (tertiary/aromatic N) is 1. The van der Waals surface area contributed by atoms with Crippen LogP contribution in [-0.2, 0) is 16.4 Å². The number of sulfonamides is 1. The Balaban J connectivity index is 1.98. The maximum Gasteiger partial charge on any atom is 0.235 e. The van der Waals surface area contributed by atoms with Crippen LogP contribution >= 0.6 is 0 Å². The smallest absolute Gasteiger partial charge is 0.235 e. The molecule has 2 aliphatic rings. The summed E-state index contributed by atoms with van der Waals surface area (Å²) in [7, 11) is -3.08. The third-order valence-corrected chi connectivity index (χ3v) is 5.31. The maximum atomic E-state index is 12.0. The molecule has 0 atom stereocenters. The average molecular weight is 252 g/mol. The summed E-state index contributed by atoms with van der Waals surface area (Å²) in [5, 5.41) is 3.28. The summed E-state index contributed by atoms with van der Waals surface area (Å²) in [6.07, 6.45) is 2.72. The number of nitrogens with one attached hydrogen (secondary N) is 1. The number of rotatable bonds is 1. The first kappa shape index (κ1) is 10.9. The lowest BCUT2D eigenvalue weighted by Crippen LogP contribution is -2.37. The Morgan fingerprint density at radius 3 is 2.94 bits per heavy atom. The van der Waals surface area contributed by atoms with Gasteiger partial charge < -0.3 is 5.32 Å². The Morgan fingerprint density at radius 2 is 2.12 bits per heavy atom. The molecule has 0 bridgehead atoms. The molecule has 1 saturated heterocycles. The number of anilines is 2. The van der Waals surface area contributed by atoms with Crippen LogP contribution in [0.1, 0.15) is 18.4 Å². The summed E-state index contributed by atoms with van der Waals surface area (Å²) in [5.41, 5.74) is 3.19. The van der Waals surface area contributed by atoms with Gasteiger partial charge in [-0.3, -0.25) is 4.31 Å². The molecule has 1 aromatic rings. The van der Waals surface area contributed by atoms with Crippen LogP contribution in [0.5, 0.6) is 0 Å². The highest BCUT2D eigenvalue weighted by atomic mass is 32.2. The minimum Gasteiger partial charge on any atom is -0.384 e. The summed E-state index contributed by atoms with van der Waals surface area (Å²) in [5.74, 6) is 0.280. The maximum absolute atomic E-state index is 12.0. The quantitative estimate of drug-likeness (QED) is 0.825. The van der Waals surface area contributed by atoms with Crippen LogP contribution in [0.25, 0.3) is 0 Å². The molecule has 1 aromatic carbocycles. The van der Waals surface area contributed by atoms with Crippen molar-refractivity contribution in [3.63, 3.8) is 0 Å². The first-order chi connectivity index (χ1) is 8.17. The topological polar surface area (TPSA) is 49.4 Å². The van der Waals surface area contributed by atoms with Gasteiger partial charge in [-0.2, -0.15) is 0 Å². The molecule has 0 aromatic heterocycles. The SMILES string of the molecule is O=S1(=O)CCCCN1c1ccc2c(c1)CCN2. The van der Waals surface area contributed by atoms with Gasteiger partial charge in [0.1, 0.15) is 0 Å². The van der Waals surface area contributed by atoms with Gasteiger partial charge >= 0.3 is 0 Å². The highest BCUT2D eigenvalue weighted by Crippen LogP contribution is 2.30. The zero-order valence-corrected chi connectivity index (χ0v) is 10.5. The molecule has 1 fully saturated rings. The number of hydrogen-bond donors (Lipinski definition) is 1. The molecule has 0 unspecified atom stereocenters. The van der Waals surface area contributed by atoms with Crippen LogP contribution in [0.4, 0.5) is 11.4 Å². The molecule has 4 nitrogen and oxygen atoms in total. The fourth-order valence-electron chi connectivity index (χ4n) is 2.53. The second kappa shape index (κ2) is 3.91. The molecule has 0 radical (unpaired) electrons. The third kappa shape index (κ3) is 1.88. The lowest BCUT2D eigenvalue weighted by Gasteiger charge is -2.28. The molecule has 17 heavy (non-hydrogen) atoms. The van der Waals surface area contributed by atoms with Crippen LogP contribution in [0.3, 0.4) is 0 Å². The van der Waals surface area contributed by atoms with Crippen molar-refractivity contribution in [1.82, 2.24) is 0 Å². The Labute approximate surface area is 102 Å². The van der Waals surface area contributed by atoms with Gasteiger partial charge in [-0.25, -0.2) is 8.42 Å². The van der Waals surface area contributed by atoms with E-state index in [0.29, 0.717) is 6.54 Å². The molecule has 5 heteroatoms. The van der Waals surface area contributed by atoms with Crippen LogP contribution in [-0.4, -0.2) is 27.3 Å². The van der Waals surface area contributed by atoms with Crippen LogP contribution in [0.2, 0.25) is 0 Å². The fourth-order valence-corrected chi connectivity index (χ4v) is 4.16. The van der Waals surface area contributed by atoms with E-state index in [1.807, 2.05) is 18.2 Å². The Kier molecular flexibility index (Phi) is 2.50. The zero-order valence-electron chi connectivity index (χ0n) is 9.65. The van der Waals surface area contributed by atoms with Crippen LogP contribution in [0.15, 0.2) is 18.2 Å². The fraction of sp³-hybridized carbons (Fsp3) is 0.500. The Morgan fingerprint density at radius 1 is 1.24 bits per heavy atom. The minimum absolute atomic E-state index is 0.280. The second-order valence-electron chi connectivity index (χ2n) is 4.61. The largest absolute Gasteiger partial charge is 0.384 e. The molecule has 92 valence electrons. The van der Waals surface area contributed by atoms with E-state index in [1.165, 1.54) is 5.56 Å². The van der Waals surface area contributed by atoms with E-state index in [2.05, 4.69) is 5.32 Å². The monoisotopic (exact) mass is 252 g/mol. The minimum atomic E-state index is -3.08. The molecular formula is C12H16N2O2S. The van der Waals surface area contributed by atoms with E-state index in [1.54, 1.807) is 4.31 Å². The van der Waals surface area contributed by atoms with Crippen molar-refractivity contribution >= 4 is 21.4 Å².